The maximum Gasteiger partial charge on any atom is 0.257 e. The van der Waals surface area contributed by atoms with E-state index < -0.39 is 0 Å². The topological polar surface area (TPSA) is 82.5 Å². The summed E-state index contributed by atoms with van der Waals surface area (Å²) in [4.78, 5) is 29.8. The molecule has 0 spiro atoms. The van der Waals surface area contributed by atoms with Gasteiger partial charge in [0.25, 0.3) is 5.56 Å². The molecule has 4 rings (SSSR count). The van der Waals surface area contributed by atoms with Crippen LogP contribution in [0.3, 0.4) is 0 Å². The highest BCUT2D eigenvalue weighted by molar-refractivity contribution is 7.99. The van der Waals surface area contributed by atoms with E-state index in [1.807, 2.05) is 32.0 Å². The summed E-state index contributed by atoms with van der Waals surface area (Å²) in [7, 11) is 0. The fraction of sp³-hybridized carbons (Fsp3) is 0.421. The molecule has 0 saturated heterocycles. The summed E-state index contributed by atoms with van der Waals surface area (Å²) in [5.74, 6) is 1.72. The fourth-order valence-electron chi connectivity index (χ4n) is 3.35. The van der Waals surface area contributed by atoms with Crippen LogP contribution >= 0.6 is 11.8 Å². The lowest BCUT2D eigenvalue weighted by Crippen LogP contribution is -2.40. The van der Waals surface area contributed by atoms with Gasteiger partial charge in [0.05, 0.1) is 5.92 Å². The quantitative estimate of drug-likeness (QED) is 0.807. The largest absolute Gasteiger partial charge is 0.454 e. The van der Waals surface area contributed by atoms with Crippen LogP contribution in [0, 0.1) is 12.8 Å². The van der Waals surface area contributed by atoms with Crippen LogP contribution in [0.4, 0.5) is 0 Å². The second-order valence-electron chi connectivity index (χ2n) is 6.64. The third-order valence-corrected chi connectivity index (χ3v) is 6.02. The first kappa shape index (κ1) is 17.9. The van der Waals surface area contributed by atoms with Crippen molar-refractivity contribution in [3.63, 3.8) is 0 Å². The molecule has 2 aliphatic rings. The number of nitrogens with zero attached hydrogens (tertiary/aromatic N) is 2. The molecule has 0 aliphatic carbocycles. The molecule has 27 heavy (non-hydrogen) atoms. The highest BCUT2D eigenvalue weighted by Crippen LogP contribution is 2.32. The molecule has 0 bridgehead atoms. The Labute approximate surface area is 161 Å². The van der Waals surface area contributed by atoms with Gasteiger partial charge in [-0.15, -0.1) is 0 Å². The number of carbonyl (C=O) groups is 1. The highest BCUT2D eigenvalue weighted by Gasteiger charge is 2.28. The molecule has 0 saturated carbocycles. The van der Waals surface area contributed by atoms with Crippen LogP contribution in [0.5, 0.6) is 11.5 Å². The zero-order valence-corrected chi connectivity index (χ0v) is 16.1. The number of carbonyl (C=O) groups excluding carboxylic acids is 1. The van der Waals surface area contributed by atoms with Crippen molar-refractivity contribution in [2.45, 2.75) is 38.5 Å². The summed E-state index contributed by atoms with van der Waals surface area (Å²) in [6.45, 7) is 4.82. The molecule has 7 nitrogen and oxygen atoms in total. The minimum absolute atomic E-state index is 0.0271. The molecule has 0 radical (unpaired) electrons. The summed E-state index contributed by atoms with van der Waals surface area (Å²) in [5.41, 5.74) is 2.42. The van der Waals surface area contributed by atoms with E-state index in [0.717, 1.165) is 22.6 Å². The zero-order valence-electron chi connectivity index (χ0n) is 15.3. The minimum atomic E-state index is -0.261. The maximum absolute atomic E-state index is 12.7. The molecular formula is C19H21N3O4S. The molecule has 8 heteroatoms. The molecule has 2 aromatic rings. The van der Waals surface area contributed by atoms with Crippen LogP contribution < -0.4 is 20.3 Å². The third-order valence-electron chi connectivity index (χ3n) is 4.88. The van der Waals surface area contributed by atoms with Gasteiger partial charge >= 0.3 is 0 Å². The molecule has 142 valence electrons. The van der Waals surface area contributed by atoms with Crippen molar-refractivity contribution in [3.8, 4) is 11.5 Å². The number of fused-ring (bicyclic) bond motifs is 2. The molecule has 1 N–H and O–H groups in total. The second-order valence-corrected chi connectivity index (χ2v) is 7.63. The van der Waals surface area contributed by atoms with Crippen molar-refractivity contribution in [2.24, 2.45) is 5.92 Å². The van der Waals surface area contributed by atoms with E-state index in [1.54, 1.807) is 4.57 Å². The average Bonchev–Trinajstić information content (AvgIpc) is 3.14. The molecule has 1 amide bonds. The second kappa shape index (κ2) is 7.26. The minimum Gasteiger partial charge on any atom is -0.454 e. The third kappa shape index (κ3) is 3.41. The first-order valence-corrected chi connectivity index (χ1v) is 9.94. The van der Waals surface area contributed by atoms with Crippen molar-refractivity contribution >= 4 is 17.7 Å². The van der Waals surface area contributed by atoms with Gasteiger partial charge < -0.3 is 14.8 Å². The summed E-state index contributed by atoms with van der Waals surface area (Å²) >= 11 is 1.47. The van der Waals surface area contributed by atoms with Gasteiger partial charge in [0.2, 0.25) is 12.7 Å². The van der Waals surface area contributed by atoms with Gasteiger partial charge in [0.1, 0.15) is 0 Å². The molecule has 2 aliphatic heterocycles. The summed E-state index contributed by atoms with van der Waals surface area (Å²) < 4.78 is 12.3. The van der Waals surface area contributed by atoms with E-state index in [4.69, 9.17) is 9.47 Å². The SMILES string of the molecule is CCc1c(C)nc2n(c1=O)C[C@@H](C(=O)NCc1ccc3c(c1)OCO3)CS2. The van der Waals surface area contributed by atoms with E-state index in [-0.39, 0.29) is 24.2 Å². The normalized spacial score (nSPS) is 17.5. The molecule has 3 heterocycles. The van der Waals surface area contributed by atoms with Crippen molar-refractivity contribution in [1.29, 1.82) is 0 Å². The van der Waals surface area contributed by atoms with E-state index in [2.05, 4.69) is 10.3 Å². The number of rotatable bonds is 4. The Balaban J connectivity index is 1.44. The number of aryl methyl sites for hydroxylation is 1. The molecule has 1 atom stereocenters. The first-order chi connectivity index (χ1) is 13.1. The van der Waals surface area contributed by atoms with Gasteiger partial charge in [-0.25, -0.2) is 4.98 Å². The van der Waals surface area contributed by atoms with Crippen LogP contribution in [-0.2, 0) is 24.3 Å². The number of ether oxygens (including phenoxy) is 2. The summed E-state index contributed by atoms with van der Waals surface area (Å²) in [6.07, 6.45) is 0.642. The van der Waals surface area contributed by atoms with Gasteiger partial charge in [-0.1, -0.05) is 24.8 Å². The van der Waals surface area contributed by atoms with Crippen molar-refractivity contribution in [3.05, 3.63) is 45.4 Å². The van der Waals surface area contributed by atoms with Crippen molar-refractivity contribution in [2.75, 3.05) is 12.5 Å². The molecule has 1 aromatic heterocycles. The van der Waals surface area contributed by atoms with Gasteiger partial charge in [0.15, 0.2) is 16.7 Å². The van der Waals surface area contributed by atoms with Crippen LogP contribution in [0.25, 0.3) is 0 Å². The predicted octanol–water partition coefficient (Wildman–Crippen LogP) is 1.88. The summed E-state index contributed by atoms with van der Waals surface area (Å²) in [6, 6.07) is 5.62. The zero-order chi connectivity index (χ0) is 19.0. The Morgan fingerprint density at radius 1 is 1.37 bits per heavy atom. The van der Waals surface area contributed by atoms with E-state index in [1.165, 1.54) is 11.8 Å². The van der Waals surface area contributed by atoms with Gasteiger partial charge in [0, 0.05) is 30.1 Å². The number of aromatic nitrogens is 2. The molecule has 0 fully saturated rings. The van der Waals surface area contributed by atoms with Gasteiger partial charge in [-0.3, -0.25) is 14.2 Å². The lowest BCUT2D eigenvalue weighted by atomic mass is 10.1. The first-order valence-electron chi connectivity index (χ1n) is 8.96. The van der Waals surface area contributed by atoms with E-state index >= 15 is 0 Å². The Hall–Kier alpha value is -2.48. The smallest absolute Gasteiger partial charge is 0.257 e. The number of thioether (sulfide) groups is 1. The standard InChI is InChI=1S/C19H21N3O4S/c1-3-14-11(2)21-19-22(18(14)24)8-13(9-27-19)17(23)20-7-12-4-5-15-16(6-12)26-10-25-15/h4-6,13H,3,7-10H2,1-2H3,(H,20,23)/t13-/m1/s1. The Morgan fingerprint density at radius 3 is 3.00 bits per heavy atom. The van der Waals surface area contributed by atoms with Crippen molar-refractivity contribution in [1.82, 2.24) is 14.9 Å². The van der Waals surface area contributed by atoms with Gasteiger partial charge in [-0.05, 0) is 31.0 Å². The molecule has 0 unspecified atom stereocenters. The Bertz CT molecular complexity index is 957. The lowest BCUT2D eigenvalue weighted by molar-refractivity contribution is -0.125. The predicted molar refractivity (Wildman–Crippen MR) is 101 cm³/mol. The lowest BCUT2D eigenvalue weighted by Gasteiger charge is -2.25. The monoisotopic (exact) mass is 387 g/mol. The van der Waals surface area contributed by atoms with Crippen LogP contribution in [0.1, 0.15) is 23.7 Å². The maximum atomic E-state index is 12.7. The van der Waals surface area contributed by atoms with Gasteiger partial charge in [-0.2, -0.15) is 0 Å². The van der Waals surface area contributed by atoms with E-state index in [9.17, 15) is 9.59 Å². The summed E-state index contributed by atoms with van der Waals surface area (Å²) in [5, 5.41) is 3.67. The number of hydrogen-bond acceptors (Lipinski definition) is 6. The van der Waals surface area contributed by atoms with Crippen LogP contribution in [-0.4, -0.2) is 28.0 Å². The number of nitrogens with one attached hydrogen (secondary N) is 1. The van der Waals surface area contributed by atoms with E-state index in [0.29, 0.717) is 36.2 Å². The molecule has 1 aromatic carbocycles. The fourth-order valence-corrected chi connectivity index (χ4v) is 4.47. The van der Waals surface area contributed by atoms with Crippen molar-refractivity contribution < 1.29 is 14.3 Å². The van der Waals surface area contributed by atoms with Crippen LogP contribution in [0.15, 0.2) is 28.2 Å². The number of hydrogen-bond donors (Lipinski definition) is 1. The van der Waals surface area contributed by atoms with Crippen LogP contribution in [0.2, 0.25) is 0 Å². The average molecular weight is 387 g/mol. The Morgan fingerprint density at radius 2 is 2.19 bits per heavy atom. The Kier molecular flexibility index (Phi) is 4.82. The number of benzene rings is 1. The highest BCUT2D eigenvalue weighted by atomic mass is 32.2. The molecular weight excluding hydrogens is 366 g/mol. The number of amides is 1.